The lowest BCUT2D eigenvalue weighted by molar-refractivity contribution is 0.791. The number of hydrogen-bond acceptors (Lipinski definition) is 4. The number of aromatic nitrogens is 2. The van der Waals surface area contributed by atoms with Crippen molar-refractivity contribution in [3.8, 4) is 0 Å². The minimum Gasteiger partial charge on any atom is -0.398 e. The first-order valence-electron chi connectivity index (χ1n) is 4.47. The van der Waals surface area contributed by atoms with E-state index in [9.17, 15) is 4.79 Å². The molecular weight excluding hydrogens is 210 g/mol. The minimum absolute atomic E-state index is 0.116. The number of aryl methyl sites for hydroxylation is 1. The van der Waals surface area contributed by atoms with Crippen molar-refractivity contribution in [1.82, 2.24) is 9.55 Å². The molecular formula is C10H11N3OS. The number of thiol groups is 1. The third-order valence-electron chi connectivity index (χ3n) is 2.47. The minimum atomic E-state index is -0.116. The number of fused-ring (bicyclic) bond motifs is 1. The van der Waals surface area contributed by atoms with E-state index in [1.165, 1.54) is 4.57 Å². The topological polar surface area (TPSA) is 60.9 Å². The Labute approximate surface area is 92.1 Å². The van der Waals surface area contributed by atoms with Crippen LogP contribution in [-0.2, 0) is 7.05 Å². The zero-order valence-corrected chi connectivity index (χ0v) is 9.38. The van der Waals surface area contributed by atoms with Crippen LogP contribution in [0.1, 0.15) is 5.82 Å². The highest BCUT2D eigenvalue weighted by molar-refractivity contribution is 7.80. The van der Waals surface area contributed by atoms with Crippen LogP contribution in [0, 0.1) is 6.92 Å². The predicted molar refractivity (Wildman–Crippen MR) is 63.4 cm³/mol. The SMILES string of the molecule is Cc1nc2ccc(N)c(S)c2c(=O)n1C. The molecule has 2 N–H and O–H groups in total. The zero-order chi connectivity index (χ0) is 11.2. The second-order valence-corrected chi connectivity index (χ2v) is 3.87. The zero-order valence-electron chi connectivity index (χ0n) is 8.48. The van der Waals surface area contributed by atoms with Gasteiger partial charge in [-0.3, -0.25) is 9.36 Å². The van der Waals surface area contributed by atoms with Crippen LogP contribution in [0.3, 0.4) is 0 Å². The van der Waals surface area contributed by atoms with Gasteiger partial charge in [0.25, 0.3) is 5.56 Å². The standard InChI is InChI=1S/C10H11N3OS/c1-5-12-7-4-3-6(11)9(15)8(7)10(14)13(5)2/h3-4,15H,11H2,1-2H3. The molecule has 2 aromatic rings. The van der Waals surface area contributed by atoms with E-state index >= 15 is 0 Å². The van der Waals surface area contributed by atoms with Gasteiger partial charge in [-0.05, 0) is 19.1 Å². The van der Waals surface area contributed by atoms with Crippen LogP contribution >= 0.6 is 12.6 Å². The summed E-state index contributed by atoms with van der Waals surface area (Å²) in [4.78, 5) is 16.7. The maximum Gasteiger partial charge on any atom is 0.262 e. The van der Waals surface area contributed by atoms with Crippen LogP contribution in [0.4, 0.5) is 5.69 Å². The van der Waals surface area contributed by atoms with Gasteiger partial charge in [0.15, 0.2) is 0 Å². The molecule has 5 heteroatoms. The average molecular weight is 221 g/mol. The Morgan fingerprint density at radius 1 is 1.47 bits per heavy atom. The van der Waals surface area contributed by atoms with E-state index in [4.69, 9.17) is 5.73 Å². The van der Waals surface area contributed by atoms with Crippen molar-refractivity contribution >= 4 is 29.2 Å². The van der Waals surface area contributed by atoms with Crippen molar-refractivity contribution in [3.63, 3.8) is 0 Å². The normalized spacial score (nSPS) is 10.9. The molecule has 0 fully saturated rings. The summed E-state index contributed by atoms with van der Waals surface area (Å²) in [6.45, 7) is 1.79. The molecule has 78 valence electrons. The third kappa shape index (κ3) is 1.39. The van der Waals surface area contributed by atoms with Crippen LogP contribution in [0.2, 0.25) is 0 Å². The molecule has 0 bridgehead atoms. The lowest BCUT2D eigenvalue weighted by atomic mass is 10.2. The van der Waals surface area contributed by atoms with Crippen molar-refractivity contribution in [1.29, 1.82) is 0 Å². The number of hydrogen-bond donors (Lipinski definition) is 2. The highest BCUT2D eigenvalue weighted by Crippen LogP contribution is 2.23. The highest BCUT2D eigenvalue weighted by atomic mass is 32.1. The first-order chi connectivity index (χ1) is 7.02. The second kappa shape index (κ2) is 3.27. The summed E-state index contributed by atoms with van der Waals surface area (Å²) in [6.07, 6.45) is 0. The van der Waals surface area contributed by atoms with Gasteiger partial charge in [-0.2, -0.15) is 0 Å². The largest absolute Gasteiger partial charge is 0.398 e. The van der Waals surface area contributed by atoms with Crippen LogP contribution < -0.4 is 11.3 Å². The Kier molecular flexibility index (Phi) is 2.19. The lowest BCUT2D eigenvalue weighted by Crippen LogP contribution is -2.21. The van der Waals surface area contributed by atoms with E-state index in [0.29, 0.717) is 27.3 Å². The highest BCUT2D eigenvalue weighted by Gasteiger charge is 2.09. The fraction of sp³-hybridized carbons (Fsp3) is 0.200. The van der Waals surface area contributed by atoms with E-state index in [1.54, 1.807) is 26.1 Å². The Morgan fingerprint density at radius 3 is 2.80 bits per heavy atom. The second-order valence-electron chi connectivity index (χ2n) is 3.42. The maximum atomic E-state index is 11.9. The molecule has 2 rings (SSSR count). The van der Waals surface area contributed by atoms with Crippen LogP contribution in [0.5, 0.6) is 0 Å². The molecule has 0 unspecified atom stereocenters. The van der Waals surface area contributed by atoms with Crippen molar-refractivity contribution in [2.75, 3.05) is 5.73 Å². The van der Waals surface area contributed by atoms with Crippen LogP contribution in [-0.4, -0.2) is 9.55 Å². The van der Waals surface area contributed by atoms with Crippen LogP contribution in [0.15, 0.2) is 21.8 Å². The summed E-state index contributed by atoms with van der Waals surface area (Å²) in [6, 6.07) is 3.44. The summed E-state index contributed by atoms with van der Waals surface area (Å²) >= 11 is 4.24. The Balaban J connectivity index is 3.08. The number of rotatable bonds is 0. The number of nitrogens with zero attached hydrogens (tertiary/aromatic N) is 2. The third-order valence-corrected chi connectivity index (χ3v) is 2.96. The quantitative estimate of drug-likeness (QED) is 0.517. The van der Waals surface area contributed by atoms with E-state index in [1.807, 2.05) is 0 Å². The summed E-state index contributed by atoms with van der Waals surface area (Å²) in [5.74, 6) is 0.671. The molecule has 0 spiro atoms. The van der Waals surface area contributed by atoms with Gasteiger partial charge in [-0.25, -0.2) is 4.98 Å². The van der Waals surface area contributed by atoms with Crippen molar-refractivity contribution < 1.29 is 0 Å². The van der Waals surface area contributed by atoms with E-state index in [0.717, 1.165) is 0 Å². The number of benzene rings is 1. The molecule has 0 saturated heterocycles. The predicted octanol–water partition coefficient (Wildman–Crippen LogP) is 1.11. The summed E-state index contributed by atoms with van der Waals surface area (Å²) < 4.78 is 1.49. The molecule has 0 aliphatic carbocycles. The van der Waals surface area contributed by atoms with Crippen molar-refractivity contribution in [2.24, 2.45) is 7.05 Å². The van der Waals surface area contributed by atoms with Crippen molar-refractivity contribution in [2.45, 2.75) is 11.8 Å². The smallest absolute Gasteiger partial charge is 0.262 e. The molecule has 0 amide bonds. The summed E-state index contributed by atoms with van der Waals surface area (Å²) in [5.41, 5.74) is 6.70. The van der Waals surface area contributed by atoms with Gasteiger partial charge < -0.3 is 5.73 Å². The summed E-state index contributed by atoms with van der Waals surface area (Å²) in [7, 11) is 1.68. The maximum absolute atomic E-state index is 11.9. The molecule has 0 aliphatic heterocycles. The van der Waals surface area contributed by atoms with Crippen LogP contribution in [0.25, 0.3) is 10.9 Å². The molecule has 1 aromatic carbocycles. The number of nitrogens with two attached hydrogens (primary N) is 1. The van der Waals surface area contributed by atoms with Gasteiger partial charge in [0.1, 0.15) is 5.82 Å². The van der Waals surface area contributed by atoms with Gasteiger partial charge in [-0.1, -0.05) is 0 Å². The molecule has 0 atom stereocenters. The fourth-order valence-corrected chi connectivity index (χ4v) is 1.75. The fourth-order valence-electron chi connectivity index (χ4n) is 1.46. The molecule has 4 nitrogen and oxygen atoms in total. The van der Waals surface area contributed by atoms with Gasteiger partial charge >= 0.3 is 0 Å². The number of anilines is 1. The van der Waals surface area contributed by atoms with Gasteiger partial charge in [0.2, 0.25) is 0 Å². The summed E-state index contributed by atoms with van der Waals surface area (Å²) in [5, 5.41) is 0.478. The Morgan fingerprint density at radius 2 is 2.13 bits per heavy atom. The molecule has 0 radical (unpaired) electrons. The molecule has 0 saturated carbocycles. The monoisotopic (exact) mass is 221 g/mol. The van der Waals surface area contributed by atoms with E-state index in [-0.39, 0.29) is 5.56 Å². The first-order valence-corrected chi connectivity index (χ1v) is 4.92. The Hall–Kier alpha value is -1.49. The first kappa shape index (κ1) is 10.0. The Bertz CT molecular complexity index is 604. The van der Waals surface area contributed by atoms with Gasteiger partial charge in [-0.15, -0.1) is 12.6 Å². The van der Waals surface area contributed by atoms with E-state index < -0.39 is 0 Å². The molecule has 0 aliphatic rings. The average Bonchev–Trinajstić information content (AvgIpc) is 2.20. The number of nitrogen functional groups attached to an aromatic ring is 1. The molecule has 1 heterocycles. The van der Waals surface area contributed by atoms with Gasteiger partial charge in [0, 0.05) is 17.6 Å². The lowest BCUT2D eigenvalue weighted by Gasteiger charge is -2.07. The van der Waals surface area contributed by atoms with Gasteiger partial charge in [0.05, 0.1) is 10.9 Å². The molecule has 1 aromatic heterocycles. The van der Waals surface area contributed by atoms with Crippen molar-refractivity contribution in [3.05, 3.63) is 28.3 Å². The molecule has 15 heavy (non-hydrogen) atoms. The van der Waals surface area contributed by atoms with E-state index in [2.05, 4.69) is 17.6 Å².